The summed E-state index contributed by atoms with van der Waals surface area (Å²) in [6, 6.07) is 0. The number of hydrogen-bond donors (Lipinski definition) is 1. The largest absolute Gasteiger partial charge is 0.320 e. The highest BCUT2D eigenvalue weighted by Crippen LogP contribution is 2.26. The first-order chi connectivity index (χ1) is 9.93. The number of aromatic nitrogens is 2. The Morgan fingerprint density at radius 1 is 1.33 bits per heavy atom. The lowest BCUT2D eigenvalue weighted by Crippen LogP contribution is -2.42. The van der Waals surface area contributed by atoms with Gasteiger partial charge in [-0.05, 0) is 38.3 Å². The Hall–Kier alpha value is -0.920. The third-order valence-corrected chi connectivity index (χ3v) is 5.68. The molecule has 1 aromatic heterocycles. The molecule has 0 aromatic carbocycles. The summed E-state index contributed by atoms with van der Waals surface area (Å²) in [5, 5.41) is 7.24. The maximum absolute atomic E-state index is 12.7. The van der Waals surface area contributed by atoms with E-state index in [1.807, 2.05) is 7.05 Å². The Morgan fingerprint density at radius 2 is 2.00 bits per heavy atom. The second-order valence-corrected chi connectivity index (χ2v) is 8.10. The van der Waals surface area contributed by atoms with Crippen LogP contribution >= 0.6 is 0 Å². The fraction of sp³-hybridized carbons (Fsp3) is 0.786. The normalized spacial score (nSPS) is 24.3. The Labute approximate surface area is 127 Å². The fourth-order valence-corrected chi connectivity index (χ4v) is 4.60. The molecule has 2 rings (SSSR count). The van der Waals surface area contributed by atoms with E-state index < -0.39 is 10.0 Å². The van der Waals surface area contributed by atoms with Gasteiger partial charge in [0, 0.05) is 25.8 Å². The zero-order valence-electron chi connectivity index (χ0n) is 13.1. The van der Waals surface area contributed by atoms with Crippen molar-refractivity contribution in [3.05, 3.63) is 12.4 Å². The van der Waals surface area contributed by atoms with E-state index in [0.29, 0.717) is 29.8 Å². The maximum Gasteiger partial charge on any atom is 0.246 e. The van der Waals surface area contributed by atoms with Crippen molar-refractivity contribution in [1.82, 2.24) is 19.4 Å². The van der Waals surface area contributed by atoms with Gasteiger partial charge in [0.25, 0.3) is 0 Å². The van der Waals surface area contributed by atoms with Gasteiger partial charge in [-0.1, -0.05) is 13.8 Å². The van der Waals surface area contributed by atoms with Crippen LogP contribution in [-0.2, 0) is 16.6 Å². The molecule has 21 heavy (non-hydrogen) atoms. The lowest BCUT2D eigenvalue weighted by Gasteiger charge is -2.33. The molecule has 0 radical (unpaired) electrons. The molecule has 0 spiro atoms. The zero-order valence-corrected chi connectivity index (χ0v) is 13.9. The van der Waals surface area contributed by atoms with Gasteiger partial charge >= 0.3 is 0 Å². The predicted octanol–water partition coefficient (Wildman–Crippen LogP) is 1.16. The lowest BCUT2D eigenvalue weighted by atomic mass is 9.94. The highest BCUT2D eigenvalue weighted by Gasteiger charge is 2.32. The first-order valence-corrected chi connectivity index (χ1v) is 9.04. The maximum atomic E-state index is 12.7. The second kappa shape index (κ2) is 6.89. The average molecular weight is 314 g/mol. The number of aryl methyl sites for hydroxylation is 1. The first kappa shape index (κ1) is 16.5. The second-order valence-electron chi connectivity index (χ2n) is 6.16. The summed E-state index contributed by atoms with van der Waals surface area (Å²) in [6.07, 6.45) is 5.14. The lowest BCUT2D eigenvalue weighted by molar-refractivity contribution is 0.222. The number of hydrogen-bond acceptors (Lipinski definition) is 4. The number of piperidine rings is 1. The Balaban J connectivity index is 2.08. The molecule has 0 amide bonds. The van der Waals surface area contributed by atoms with Gasteiger partial charge in [0.15, 0.2) is 0 Å². The van der Waals surface area contributed by atoms with Crippen LogP contribution in [-0.4, -0.2) is 49.2 Å². The molecule has 0 bridgehead atoms. The van der Waals surface area contributed by atoms with Crippen molar-refractivity contribution >= 4 is 10.0 Å². The van der Waals surface area contributed by atoms with E-state index in [2.05, 4.69) is 24.3 Å². The molecule has 1 N–H and O–H groups in total. The van der Waals surface area contributed by atoms with Crippen molar-refractivity contribution in [2.75, 3.05) is 26.7 Å². The number of nitrogens with zero attached hydrogens (tertiary/aromatic N) is 3. The van der Waals surface area contributed by atoms with Crippen LogP contribution in [0.25, 0.3) is 0 Å². The highest BCUT2D eigenvalue weighted by molar-refractivity contribution is 7.89. The van der Waals surface area contributed by atoms with Gasteiger partial charge in [-0.3, -0.25) is 4.68 Å². The minimum Gasteiger partial charge on any atom is -0.320 e. The van der Waals surface area contributed by atoms with Crippen molar-refractivity contribution in [3.63, 3.8) is 0 Å². The third-order valence-electron chi connectivity index (χ3n) is 3.90. The van der Waals surface area contributed by atoms with Crippen LogP contribution < -0.4 is 5.32 Å². The van der Waals surface area contributed by atoms with E-state index in [1.54, 1.807) is 15.2 Å². The van der Waals surface area contributed by atoms with Crippen molar-refractivity contribution < 1.29 is 8.42 Å². The SMILES string of the molecule is CNCCCn1cc(S(=O)(=O)N2CC(C)CC(C)C2)cn1. The summed E-state index contributed by atoms with van der Waals surface area (Å²) in [7, 11) is -1.50. The molecule has 1 aliphatic rings. The number of nitrogens with one attached hydrogen (secondary N) is 1. The van der Waals surface area contributed by atoms with Crippen molar-refractivity contribution in [2.45, 2.75) is 38.1 Å². The van der Waals surface area contributed by atoms with Crippen LogP contribution in [0.4, 0.5) is 0 Å². The van der Waals surface area contributed by atoms with Crippen LogP contribution in [0.2, 0.25) is 0 Å². The summed E-state index contributed by atoms with van der Waals surface area (Å²) in [5.41, 5.74) is 0. The smallest absolute Gasteiger partial charge is 0.246 e. The molecule has 0 saturated carbocycles. The molecule has 6 nitrogen and oxygen atoms in total. The molecular formula is C14H26N4O2S. The Kier molecular flexibility index (Phi) is 5.40. The van der Waals surface area contributed by atoms with Gasteiger partial charge in [0.05, 0.1) is 6.20 Å². The predicted molar refractivity (Wildman–Crippen MR) is 82.5 cm³/mol. The van der Waals surface area contributed by atoms with Gasteiger partial charge < -0.3 is 5.32 Å². The van der Waals surface area contributed by atoms with Crippen LogP contribution in [0.1, 0.15) is 26.7 Å². The number of rotatable bonds is 6. The van der Waals surface area contributed by atoms with Gasteiger partial charge in [-0.2, -0.15) is 9.40 Å². The van der Waals surface area contributed by atoms with Gasteiger partial charge in [-0.15, -0.1) is 0 Å². The fourth-order valence-electron chi connectivity index (χ4n) is 2.97. The van der Waals surface area contributed by atoms with E-state index in [0.717, 1.165) is 25.9 Å². The van der Waals surface area contributed by atoms with Gasteiger partial charge in [0.1, 0.15) is 4.90 Å². The summed E-state index contributed by atoms with van der Waals surface area (Å²) in [6.45, 7) is 7.06. The van der Waals surface area contributed by atoms with Crippen LogP contribution in [0.5, 0.6) is 0 Å². The molecule has 7 heteroatoms. The van der Waals surface area contributed by atoms with E-state index >= 15 is 0 Å². The topological polar surface area (TPSA) is 67.2 Å². The van der Waals surface area contributed by atoms with Crippen LogP contribution in [0.15, 0.2) is 17.3 Å². The molecule has 1 aliphatic heterocycles. The van der Waals surface area contributed by atoms with Gasteiger partial charge in [-0.25, -0.2) is 8.42 Å². The van der Waals surface area contributed by atoms with Crippen LogP contribution in [0, 0.1) is 11.8 Å². The number of sulfonamides is 1. The van der Waals surface area contributed by atoms with Crippen molar-refractivity contribution in [1.29, 1.82) is 0 Å². The van der Waals surface area contributed by atoms with E-state index in [4.69, 9.17) is 0 Å². The molecule has 0 aliphatic carbocycles. The Morgan fingerprint density at radius 3 is 2.62 bits per heavy atom. The van der Waals surface area contributed by atoms with E-state index in [1.165, 1.54) is 6.20 Å². The molecule has 120 valence electrons. The quantitative estimate of drug-likeness (QED) is 0.800. The molecule has 2 heterocycles. The summed E-state index contributed by atoms with van der Waals surface area (Å²) >= 11 is 0. The van der Waals surface area contributed by atoms with Crippen LogP contribution in [0.3, 0.4) is 0 Å². The molecular weight excluding hydrogens is 288 g/mol. The zero-order chi connectivity index (χ0) is 15.5. The van der Waals surface area contributed by atoms with E-state index in [-0.39, 0.29) is 0 Å². The van der Waals surface area contributed by atoms with Gasteiger partial charge in [0.2, 0.25) is 10.0 Å². The summed E-state index contributed by atoms with van der Waals surface area (Å²) < 4.78 is 28.7. The molecule has 2 atom stereocenters. The van der Waals surface area contributed by atoms with Crippen molar-refractivity contribution in [2.24, 2.45) is 11.8 Å². The third kappa shape index (κ3) is 4.05. The molecule has 1 fully saturated rings. The van der Waals surface area contributed by atoms with Crippen molar-refractivity contribution in [3.8, 4) is 0 Å². The first-order valence-electron chi connectivity index (χ1n) is 7.60. The summed E-state index contributed by atoms with van der Waals surface area (Å²) in [4.78, 5) is 0.313. The molecule has 2 unspecified atom stereocenters. The summed E-state index contributed by atoms with van der Waals surface area (Å²) in [5.74, 6) is 0.823. The Bertz CT molecular complexity index is 545. The molecule has 1 saturated heterocycles. The minimum absolute atomic E-state index is 0.313. The standard InChI is InChI=1S/C14H26N4O2S/c1-12-7-13(2)10-18(9-12)21(19,20)14-8-16-17(11-14)6-4-5-15-3/h8,11-13,15H,4-7,9-10H2,1-3H3. The molecule has 1 aromatic rings. The van der Waals surface area contributed by atoms with E-state index in [9.17, 15) is 8.42 Å². The highest BCUT2D eigenvalue weighted by atomic mass is 32.2. The average Bonchev–Trinajstić information content (AvgIpc) is 2.87. The minimum atomic E-state index is -3.40. The monoisotopic (exact) mass is 314 g/mol.